The van der Waals surface area contributed by atoms with Crippen LogP contribution in [0.25, 0.3) is 10.6 Å². The largest absolute Gasteiger partial charge is 0.243 e. The Morgan fingerprint density at radius 1 is 1.23 bits per heavy atom. The van der Waals surface area contributed by atoms with Crippen molar-refractivity contribution >= 4 is 38.9 Å². The second kappa shape index (κ2) is 3.78. The summed E-state index contributed by atoms with van der Waals surface area (Å²) in [6.07, 6.45) is 1.80. The molecule has 1 aromatic heterocycles. The lowest BCUT2D eigenvalue weighted by Gasteiger charge is -1.94. The van der Waals surface area contributed by atoms with Crippen molar-refractivity contribution in [2.75, 3.05) is 0 Å². The maximum atomic E-state index is 5.78. The van der Waals surface area contributed by atoms with Gasteiger partial charge in [0.15, 0.2) is 0 Å². The van der Waals surface area contributed by atoms with Crippen molar-refractivity contribution in [2.24, 2.45) is 0 Å². The lowest BCUT2D eigenvalue weighted by Crippen LogP contribution is -1.73. The number of rotatable bonds is 1. The van der Waals surface area contributed by atoms with E-state index in [2.05, 4.69) is 20.9 Å². The molecule has 1 nitrogen and oxygen atoms in total. The normalized spacial score (nSPS) is 10.3. The van der Waals surface area contributed by atoms with Crippen LogP contribution in [-0.4, -0.2) is 4.98 Å². The van der Waals surface area contributed by atoms with Gasteiger partial charge in [-0.2, -0.15) is 0 Å². The summed E-state index contributed by atoms with van der Waals surface area (Å²) in [7, 11) is 0. The molecule has 1 heterocycles. The molecule has 0 radical (unpaired) electrons. The summed E-state index contributed by atoms with van der Waals surface area (Å²) < 4.78 is 1.04. The molecule has 0 aliphatic rings. The maximum absolute atomic E-state index is 5.78. The highest BCUT2D eigenvalue weighted by molar-refractivity contribution is 9.11. The SMILES string of the molecule is Clc1ccc(-c2ncc(Br)s2)cc1. The number of hydrogen-bond donors (Lipinski definition) is 0. The Balaban J connectivity index is 2.41. The fourth-order valence-electron chi connectivity index (χ4n) is 0.980. The molecule has 0 fully saturated rings. The second-order valence-electron chi connectivity index (χ2n) is 2.48. The standard InChI is InChI=1S/C9H5BrClNS/c10-8-5-12-9(13-8)6-1-3-7(11)4-2-6/h1-5H. The van der Waals surface area contributed by atoms with Crippen LogP contribution in [0.2, 0.25) is 5.02 Å². The number of hydrogen-bond acceptors (Lipinski definition) is 2. The van der Waals surface area contributed by atoms with Crippen molar-refractivity contribution in [3.63, 3.8) is 0 Å². The minimum atomic E-state index is 0.749. The van der Waals surface area contributed by atoms with Gasteiger partial charge in [0.05, 0.1) is 9.98 Å². The van der Waals surface area contributed by atoms with Crippen LogP contribution in [0.1, 0.15) is 0 Å². The summed E-state index contributed by atoms with van der Waals surface area (Å²) in [5.74, 6) is 0. The predicted octanol–water partition coefficient (Wildman–Crippen LogP) is 4.23. The van der Waals surface area contributed by atoms with Gasteiger partial charge >= 0.3 is 0 Å². The summed E-state index contributed by atoms with van der Waals surface area (Å²) in [6.45, 7) is 0. The van der Waals surface area contributed by atoms with E-state index in [0.29, 0.717) is 0 Å². The number of thiazole rings is 1. The van der Waals surface area contributed by atoms with Gasteiger partial charge in [0.25, 0.3) is 0 Å². The fourth-order valence-corrected chi connectivity index (χ4v) is 2.32. The Morgan fingerprint density at radius 3 is 2.46 bits per heavy atom. The molecule has 66 valence electrons. The van der Waals surface area contributed by atoms with Crippen molar-refractivity contribution in [3.05, 3.63) is 39.3 Å². The van der Waals surface area contributed by atoms with E-state index in [9.17, 15) is 0 Å². The third kappa shape index (κ3) is 2.10. The van der Waals surface area contributed by atoms with Gasteiger partial charge in [0.2, 0.25) is 0 Å². The molecule has 2 aromatic rings. The first-order valence-corrected chi connectivity index (χ1v) is 5.62. The maximum Gasteiger partial charge on any atom is 0.124 e. The monoisotopic (exact) mass is 273 g/mol. The number of nitrogens with zero attached hydrogens (tertiary/aromatic N) is 1. The summed E-state index contributed by atoms with van der Waals surface area (Å²) in [6, 6.07) is 7.67. The Hall–Kier alpha value is -0.380. The molecule has 0 N–H and O–H groups in total. The quantitative estimate of drug-likeness (QED) is 0.758. The van der Waals surface area contributed by atoms with E-state index in [1.165, 1.54) is 0 Å². The van der Waals surface area contributed by atoms with Gasteiger partial charge in [-0.1, -0.05) is 23.7 Å². The lowest BCUT2D eigenvalue weighted by molar-refractivity contribution is 1.41. The molecule has 0 spiro atoms. The molecule has 0 unspecified atom stereocenters. The molecule has 4 heteroatoms. The van der Waals surface area contributed by atoms with Crippen LogP contribution in [0.4, 0.5) is 0 Å². The van der Waals surface area contributed by atoms with E-state index >= 15 is 0 Å². The highest BCUT2D eigenvalue weighted by atomic mass is 79.9. The first-order chi connectivity index (χ1) is 6.25. The molecule has 0 aliphatic heterocycles. The van der Waals surface area contributed by atoms with Gasteiger partial charge in [-0.15, -0.1) is 11.3 Å². The third-order valence-corrected chi connectivity index (χ3v) is 3.35. The van der Waals surface area contributed by atoms with Gasteiger partial charge < -0.3 is 0 Å². The van der Waals surface area contributed by atoms with Crippen molar-refractivity contribution in [1.82, 2.24) is 4.98 Å². The van der Waals surface area contributed by atoms with E-state index in [0.717, 1.165) is 19.4 Å². The van der Waals surface area contributed by atoms with Crippen LogP contribution in [0, 0.1) is 0 Å². The summed E-state index contributed by atoms with van der Waals surface area (Å²) in [5, 5.41) is 1.75. The summed E-state index contributed by atoms with van der Waals surface area (Å²) >= 11 is 10.8. The first kappa shape index (κ1) is 9.19. The van der Waals surface area contributed by atoms with Crippen LogP contribution < -0.4 is 0 Å². The molecule has 0 saturated heterocycles. The number of halogens is 2. The number of aromatic nitrogens is 1. The van der Waals surface area contributed by atoms with Crippen molar-refractivity contribution in [2.45, 2.75) is 0 Å². The van der Waals surface area contributed by atoms with Gasteiger partial charge in [-0.25, -0.2) is 4.98 Å². The Labute approximate surface area is 93.5 Å². The van der Waals surface area contributed by atoms with Crippen LogP contribution in [-0.2, 0) is 0 Å². The fraction of sp³-hybridized carbons (Fsp3) is 0. The molecule has 0 saturated carbocycles. The van der Waals surface area contributed by atoms with E-state index in [-0.39, 0.29) is 0 Å². The topological polar surface area (TPSA) is 12.9 Å². The highest BCUT2D eigenvalue weighted by Crippen LogP contribution is 2.28. The van der Waals surface area contributed by atoms with Crippen LogP contribution in [0.3, 0.4) is 0 Å². The molecule has 13 heavy (non-hydrogen) atoms. The van der Waals surface area contributed by atoms with E-state index in [1.54, 1.807) is 17.5 Å². The van der Waals surface area contributed by atoms with Crippen molar-refractivity contribution in [1.29, 1.82) is 0 Å². The number of benzene rings is 1. The lowest BCUT2D eigenvalue weighted by atomic mass is 10.2. The highest BCUT2D eigenvalue weighted by Gasteiger charge is 2.01. The zero-order valence-electron chi connectivity index (χ0n) is 6.50. The smallest absolute Gasteiger partial charge is 0.124 e. The molecule has 0 atom stereocenters. The Bertz CT molecular complexity index is 410. The van der Waals surface area contributed by atoms with Gasteiger partial charge in [0.1, 0.15) is 5.01 Å². The zero-order valence-corrected chi connectivity index (χ0v) is 9.66. The second-order valence-corrected chi connectivity index (χ2v) is 5.32. The van der Waals surface area contributed by atoms with Crippen LogP contribution >= 0.6 is 38.9 Å². The average molecular weight is 275 g/mol. The Kier molecular flexibility index (Phi) is 2.67. The summed E-state index contributed by atoms with van der Waals surface area (Å²) in [5.41, 5.74) is 1.10. The summed E-state index contributed by atoms with van der Waals surface area (Å²) in [4.78, 5) is 4.24. The van der Waals surface area contributed by atoms with Crippen molar-refractivity contribution in [3.8, 4) is 10.6 Å². The van der Waals surface area contributed by atoms with Crippen LogP contribution in [0.5, 0.6) is 0 Å². The molecule has 0 bridgehead atoms. The Morgan fingerprint density at radius 2 is 1.92 bits per heavy atom. The molecular weight excluding hydrogens is 270 g/mol. The van der Waals surface area contributed by atoms with E-state index in [1.807, 2.05) is 24.3 Å². The average Bonchev–Trinajstić information content (AvgIpc) is 2.53. The predicted molar refractivity (Wildman–Crippen MR) is 60.3 cm³/mol. The molecule has 1 aromatic carbocycles. The molecular formula is C9H5BrClNS. The molecule has 2 rings (SSSR count). The molecule has 0 amide bonds. The van der Waals surface area contributed by atoms with Gasteiger partial charge in [0, 0.05) is 10.6 Å². The van der Waals surface area contributed by atoms with Gasteiger partial charge in [-0.3, -0.25) is 0 Å². The van der Waals surface area contributed by atoms with E-state index < -0.39 is 0 Å². The van der Waals surface area contributed by atoms with Gasteiger partial charge in [-0.05, 0) is 28.1 Å². The third-order valence-electron chi connectivity index (χ3n) is 1.57. The minimum Gasteiger partial charge on any atom is -0.243 e. The zero-order chi connectivity index (χ0) is 9.26. The molecule has 0 aliphatic carbocycles. The van der Waals surface area contributed by atoms with E-state index in [4.69, 9.17) is 11.6 Å². The first-order valence-electron chi connectivity index (χ1n) is 3.63. The van der Waals surface area contributed by atoms with Crippen molar-refractivity contribution < 1.29 is 0 Å². The van der Waals surface area contributed by atoms with Crippen LogP contribution in [0.15, 0.2) is 34.2 Å². The minimum absolute atomic E-state index is 0.749.